The minimum atomic E-state index is -0.292. The van der Waals surface area contributed by atoms with Crippen molar-refractivity contribution in [1.29, 1.82) is 0 Å². The van der Waals surface area contributed by atoms with Crippen molar-refractivity contribution in [3.8, 4) is 11.5 Å². The van der Waals surface area contributed by atoms with Crippen LogP contribution in [0.15, 0.2) is 48.7 Å². The lowest BCUT2D eigenvalue weighted by Gasteiger charge is -2.10. The van der Waals surface area contributed by atoms with Crippen molar-refractivity contribution in [2.24, 2.45) is 0 Å². The van der Waals surface area contributed by atoms with E-state index in [1.54, 1.807) is 30.5 Å². The van der Waals surface area contributed by atoms with E-state index in [2.05, 4.69) is 4.98 Å². The van der Waals surface area contributed by atoms with Gasteiger partial charge in [0.2, 0.25) is 0 Å². The van der Waals surface area contributed by atoms with Crippen molar-refractivity contribution in [3.05, 3.63) is 65.1 Å². The number of aromatic nitrogens is 1. The summed E-state index contributed by atoms with van der Waals surface area (Å²) < 4.78 is 18.7. The summed E-state index contributed by atoms with van der Waals surface area (Å²) in [4.78, 5) is 4.29. The van der Waals surface area contributed by atoms with Gasteiger partial charge in [0.05, 0.1) is 5.52 Å². The molecule has 0 N–H and O–H groups in total. The lowest BCUT2D eigenvalue weighted by Crippen LogP contribution is -1.90. The highest BCUT2D eigenvalue weighted by Gasteiger charge is 2.08. The zero-order valence-corrected chi connectivity index (χ0v) is 11.5. The molecule has 0 atom stereocenters. The number of hydrogen-bond donors (Lipinski definition) is 0. The van der Waals surface area contributed by atoms with E-state index in [9.17, 15) is 4.39 Å². The number of halogens is 2. The molecular formula is C16H11ClFNO. The van der Waals surface area contributed by atoms with Crippen molar-refractivity contribution in [1.82, 2.24) is 4.98 Å². The van der Waals surface area contributed by atoms with Gasteiger partial charge in [0.25, 0.3) is 0 Å². The highest BCUT2D eigenvalue weighted by molar-refractivity contribution is 6.31. The summed E-state index contributed by atoms with van der Waals surface area (Å²) in [7, 11) is 0. The predicted molar refractivity (Wildman–Crippen MR) is 78.0 cm³/mol. The van der Waals surface area contributed by atoms with Gasteiger partial charge >= 0.3 is 0 Å². The first-order valence-electron chi connectivity index (χ1n) is 6.12. The fourth-order valence-corrected chi connectivity index (χ4v) is 2.40. The second kappa shape index (κ2) is 5.10. The molecule has 0 aliphatic heterocycles. The smallest absolute Gasteiger partial charge is 0.138 e. The van der Waals surface area contributed by atoms with E-state index in [1.807, 2.05) is 13.0 Å². The standard InChI is InChI=1S/C16H11ClFNO/c1-10-8-11(17)9-14-16(10)15(6-7-19-14)20-13-4-2-12(18)3-5-13/h2-9H,1H3. The Balaban J connectivity index is 2.09. The molecular weight excluding hydrogens is 277 g/mol. The zero-order chi connectivity index (χ0) is 14.1. The van der Waals surface area contributed by atoms with Crippen LogP contribution < -0.4 is 4.74 Å². The van der Waals surface area contributed by atoms with Crippen LogP contribution in [0.5, 0.6) is 11.5 Å². The molecule has 2 aromatic carbocycles. The molecule has 1 heterocycles. The molecule has 0 saturated carbocycles. The van der Waals surface area contributed by atoms with Gasteiger partial charge in [0, 0.05) is 16.6 Å². The highest BCUT2D eigenvalue weighted by Crippen LogP contribution is 2.32. The summed E-state index contributed by atoms with van der Waals surface area (Å²) >= 11 is 6.03. The Hall–Kier alpha value is -2.13. The van der Waals surface area contributed by atoms with Crippen LogP contribution in [0.2, 0.25) is 5.02 Å². The van der Waals surface area contributed by atoms with Crippen molar-refractivity contribution < 1.29 is 9.13 Å². The number of pyridine rings is 1. The zero-order valence-electron chi connectivity index (χ0n) is 10.7. The fraction of sp³-hybridized carbons (Fsp3) is 0.0625. The first kappa shape index (κ1) is 12.9. The molecule has 0 radical (unpaired) electrons. The molecule has 0 fully saturated rings. The van der Waals surface area contributed by atoms with Crippen LogP contribution >= 0.6 is 11.6 Å². The Morgan fingerprint density at radius 1 is 1.10 bits per heavy atom. The average molecular weight is 288 g/mol. The van der Waals surface area contributed by atoms with Gasteiger partial charge in [-0.25, -0.2) is 4.39 Å². The maximum Gasteiger partial charge on any atom is 0.138 e. The third-order valence-electron chi connectivity index (χ3n) is 3.01. The summed E-state index contributed by atoms with van der Waals surface area (Å²) in [6, 6.07) is 11.3. The molecule has 0 aliphatic carbocycles. The number of hydrogen-bond acceptors (Lipinski definition) is 2. The maximum atomic E-state index is 12.9. The van der Waals surface area contributed by atoms with Crippen molar-refractivity contribution >= 4 is 22.5 Å². The van der Waals surface area contributed by atoms with Crippen LogP contribution in [0.25, 0.3) is 10.9 Å². The van der Waals surface area contributed by atoms with Crippen molar-refractivity contribution in [2.75, 3.05) is 0 Å². The number of benzene rings is 2. The van der Waals surface area contributed by atoms with Gasteiger partial charge in [0.1, 0.15) is 17.3 Å². The molecule has 100 valence electrons. The first-order valence-corrected chi connectivity index (χ1v) is 6.49. The molecule has 2 nitrogen and oxygen atoms in total. The Morgan fingerprint density at radius 3 is 2.60 bits per heavy atom. The van der Waals surface area contributed by atoms with Gasteiger partial charge in [-0.1, -0.05) is 11.6 Å². The molecule has 3 aromatic rings. The lowest BCUT2D eigenvalue weighted by molar-refractivity contribution is 0.485. The van der Waals surface area contributed by atoms with E-state index in [0.29, 0.717) is 16.5 Å². The van der Waals surface area contributed by atoms with E-state index in [-0.39, 0.29) is 5.82 Å². The monoisotopic (exact) mass is 287 g/mol. The minimum absolute atomic E-state index is 0.292. The van der Waals surface area contributed by atoms with Gasteiger partial charge in [-0.3, -0.25) is 4.98 Å². The lowest BCUT2D eigenvalue weighted by atomic mass is 10.1. The fourth-order valence-electron chi connectivity index (χ4n) is 2.13. The summed E-state index contributed by atoms with van der Waals surface area (Å²) in [6.45, 7) is 1.95. The average Bonchev–Trinajstić information content (AvgIpc) is 2.41. The first-order chi connectivity index (χ1) is 9.63. The summed E-state index contributed by atoms with van der Waals surface area (Å²) in [5, 5.41) is 1.54. The number of ether oxygens (including phenoxy) is 1. The molecule has 3 rings (SSSR count). The topological polar surface area (TPSA) is 22.1 Å². The highest BCUT2D eigenvalue weighted by atomic mass is 35.5. The van der Waals surface area contributed by atoms with E-state index >= 15 is 0 Å². The van der Waals surface area contributed by atoms with Crippen LogP contribution in [-0.2, 0) is 0 Å². The van der Waals surface area contributed by atoms with E-state index in [4.69, 9.17) is 16.3 Å². The van der Waals surface area contributed by atoms with Gasteiger partial charge in [-0.2, -0.15) is 0 Å². The molecule has 0 spiro atoms. The molecule has 1 aromatic heterocycles. The summed E-state index contributed by atoms with van der Waals surface area (Å²) in [5.41, 5.74) is 1.76. The van der Waals surface area contributed by atoms with Gasteiger partial charge < -0.3 is 4.74 Å². The third kappa shape index (κ3) is 2.45. The summed E-state index contributed by atoms with van der Waals surface area (Å²) in [5.74, 6) is 0.962. The SMILES string of the molecule is Cc1cc(Cl)cc2nccc(Oc3ccc(F)cc3)c12. The Morgan fingerprint density at radius 2 is 1.85 bits per heavy atom. The van der Waals surface area contributed by atoms with Gasteiger partial charge in [-0.15, -0.1) is 0 Å². The normalized spacial score (nSPS) is 10.8. The van der Waals surface area contributed by atoms with E-state index < -0.39 is 0 Å². The van der Waals surface area contributed by atoms with Gasteiger partial charge in [0.15, 0.2) is 0 Å². The van der Waals surface area contributed by atoms with Crippen LogP contribution in [0, 0.1) is 12.7 Å². The van der Waals surface area contributed by atoms with Crippen molar-refractivity contribution in [3.63, 3.8) is 0 Å². The molecule has 20 heavy (non-hydrogen) atoms. The Labute approximate surface area is 120 Å². The molecule has 0 aliphatic rings. The van der Waals surface area contributed by atoms with Crippen LogP contribution in [0.4, 0.5) is 4.39 Å². The third-order valence-corrected chi connectivity index (χ3v) is 3.23. The van der Waals surface area contributed by atoms with Gasteiger partial charge in [-0.05, 0) is 55.0 Å². The Bertz CT molecular complexity index is 771. The summed E-state index contributed by atoms with van der Waals surface area (Å²) in [6.07, 6.45) is 1.66. The van der Waals surface area contributed by atoms with Crippen LogP contribution in [-0.4, -0.2) is 4.98 Å². The van der Waals surface area contributed by atoms with Crippen LogP contribution in [0.1, 0.15) is 5.56 Å². The number of nitrogens with zero attached hydrogens (tertiary/aromatic N) is 1. The molecule has 0 bridgehead atoms. The van der Waals surface area contributed by atoms with Crippen LogP contribution in [0.3, 0.4) is 0 Å². The molecule has 0 unspecified atom stereocenters. The largest absolute Gasteiger partial charge is 0.457 e. The number of fused-ring (bicyclic) bond motifs is 1. The molecule has 0 saturated heterocycles. The van der Waals surface area contributed by atoms with E-state index in [1.165, 1.54) is 12.1 Å². The quantitative estimate of drug-likeness (QED) is 0.652. The second-order valence-electron chi connectivity index (χ2n) is 4.48. The number of rotatable bonds is 2. The number of aryl methyl sites for hydroxylation is 1. The maximum absolute atomic E-state index is 12.9. The predicted octanol–water partition coefficient (Wildman–Crippen LogP) is 5.13. The Kier molecular flexibility index (Phi) is 3.28. The van der Waals surface area contributed by atoms with E-state index in [0.717, 1.165) is 16.5 Å². The molecule has 4 heteroatoms. The van der Waals surface area contributed by atoms with Crippen molar-refractivity contribution in [2.45, 2.75) is 6.92 Å². The second-order valence-corrected chi connectivity index (χ2v) is 4.92. The minimum Gasteiger partial charge on any atom is -0.457 e. The molecule has 0 amide bonds.